The monoisotopic (exact) mass is 545 g/mol. The molecule has 3 aromatic carbocycles. The number of halogens is 1. The quantitative estimate of drug-likeness (QED) is 0.329. The molecule has 1 aliphatic heterocycles. The smallest absolute Gasteiger partial charge is 0.261 e. The molecular weight excluding hydrogens is 514 g/mol. The minimum absolute atomic E-state index is 0.0597. The van der Waals surface area contributed by atoms with Crippen molar-refractivity contribution in [2.24, 2.45) is 0 Å². The molecule has 4 amide bonds. The van der Waals surface area contributed by atoms with E-state index in [0.29, 0.717) is 29.1 Å². The Kier molecular flexibility index (Phi) is 9.49. The van der Waals surface area contributed by atoms with Crippen molar-refractivity contribution in [2.45, 2.75) is 45.2 Å². The van der Waals surface area contributed by atoms with Gasteiger partial charge in [-0.05, 0) is 42.2 Å². The lowest BCUT2D eigenvalue weighted by Crippen LogP contribution is -2.50. The van der Waals surface area contributed by atoms with Gasteiger partial charge in [0.2, 0.25) is 11.8 Å². The van der Waals surface area contributed by atoms with Crippen molar-refractivity contribution in [2.75, 3.05) is 13.1 Å². The Morgan fingerprint density at radius 2 is 1.51 bits per heavy atom. The molecule has 7 nitrogen and oxygen atoms in total. The third-order valence-corrected chi connectivity index (χ3v) is 7.14. The number of hydrogen-bond acceptors (Lipinski definition) is 4. The summed E-state index contributed by atoms with van der Waals surface area (Å²) in [6.07, 6.45) is 1.44. The second kappa shape index (κ2) is 13.2. The number of nitrogens with zero attached hydrogens (tertiary/aromatic N) is 2. The minimum Gasteiger partial charge on any atom is -0.354 e. The second-order valence-corrected chi connectivity index (χ2v) is 9.93. The predicted octanol–water partition coefficient (Wildman–Crippen LogP) is 4.88. The van der Waals surface area contributed by atoms with E-state index >= 15 is 0 Å². The summed E-state index contributed by atoms with van der Waals surface area (Å²) in [5.74, 6) is -1.19. The summed E-state index contributed by atoms with van der Waals surface area (Å²) < 4.78 is 0. The molecule has 1 aliphatic rings. The van der Waals surface area contributed by atoms with Crippen molar-refractivity contribution in [3.05, 3.63) is 106 Å². The highest BCUT2D eigenvalue weighted by atomic mass is 35.5. The average molecular weight is 546 g/mol. The molecule has 1 N–H and O–H groups in total. The van der Waals surface area contributed by atoms with Gasteiger partial charge >= 0.3 is 0 Å². The lowest BCUT2D eigenvalue weighted by atomic mass is 10.0. The Labute approximate surface area is 233 Å². The second-order valence-electron chi connectivity index (χ2n) is 9.52. The number of rotatable bonds is 12. The zero-order valence-corrected chi connectivity index (χ0v) is 22.7. The van der Waals surface area contributed by atoms with E-state index in [1.165, 1.54) is 4.90 Å². The van der Waals surface area contributed by atoms with Crippen molar-refractivity contribution in [3.63, 3.8) is 0 Å². The molecule has 1 heterocycles. The number of hydrogen-bond donors (Lipinski definition) is 1. The molecule has 0 fully saturated rings. The molecule has 0 spiro atoms. The zero-order valence-electron chi connectivity index (χ0n) is 21.9. The van der Waals surface area contributed by atoms with Gasteiger partial charge in [0.25, 0.3) is 11.8 Å². The number of carbonyl (C=O) groups is 4. The minimum atomic E-state index is -0.762. The number of nitrogens with one attached hydrogen (secondary N) is 1. The molecule has 4 rings (SSSR count). The first-order chi connectivity index (χ1) is 18.9. The topological polar surface area (TPSA) is 86.8 Å². The molecule has 8 heteroatoms. The Hall–Kier alpha value is -3.97. The van der Waals surface area contributed by atoms with E-state index in [2.05, 4.69) is 5.32 Å². The fraction of sp³-hybridized carbons (Fsp3) is 0.290. The summed E-state index contributed by atoms with van der Waals surface area (Å²) in [5, 5.41) is 3.46. The number of fused-ring (bicyclic) bond motifs is 1. The van der Waals surface area contributed by atoms with Crippen molar-refractivity contribution >= 4 is 35.2 Å². The first kappa shape index (κ1) is 28.0. The Bertz CT molecular complexity index is 1310. The van der Waals surface area contributed by atoms with Crippen LogP contribution in [0, 0.1) is 0 Å². The largest absolute Gasteiger partial charge is 0.354 e. The van der Waals surface area contributed by atoms with Crippen molar-refractivity contribution in [1.29, 1.82) is 0 Å². The molecule has 0 radical (unpaired) electrons. The molecule has 3 aromatic rings. The van der Waals surface area contributed by atoms with Gasteiger partial charge in [0.15, 0.2) is 0 Å². The van der Waals surface area contributed by atoms with Gasteiger partial charge in [-0.1, -0.05) is 79.2 Å². The highest BCUT2D eigenvalue weighted by Gasteiger charge is 2.35. The van der Waals surface area contributed by atoms with Gasteiger partial charge in [-0.2, -0.15) is 0 Å². The molecule has 1 atom stereocenters. The van der Waals surface area contributed by atoms with Crippen LogP contribution in [0.5, 0.6) is 0 Å². The van der Waals surface area contributed by atoms with Crippen LogP contribution in [0.2, 0.25) is 5.02 Å². The predicted molar refractivity (Wildman–Crippen MR) is 150 cm³/mol. The lowest BCUT2D eigenvalue weighted by molar-refractivity contribution is -0.141. The SMILES string of the molecule is CCCNC(=O)[C@H](Cc1ccccc1)N(Cc1ccccc1Cl)C(=O)CCCN1C(=O)c2ccccc2C1=O. The Morgan fingerprint density at radius 3 is 2.15 bits per heavy atom. The van der Waals surface area contributed by atoms with E-state index in [4.69, 9.17) is 11.6 Å². The van der Waals surface area contributed by atoms with Crippen LogP contribution in [0.4, 0.5) is 0 Å². The third kappa shape index (κ3) is 6.73. The van der Waals surface area contributed by atoms with Gasteiger partial charge in [0, 0.05) is 37.5 Å². The Morgan fingerprint density at radius 1 is 0.897 bits per heavy atom. The van der Waals surface area contributed by atoms with E-state index in [0.717, 1.165) is 17.5 Å². The summed E-state index contributed by atoms with van der Waals surface area (Å²) in [6.45, 7) is 2.74. The van der Waals surface area contributed by atoms with E-state index in [1.807, 2.05) is 55.5 Å². The van der Waals surface area contributed by atoms with Crippen LogP contribution in [0.1, 0.15) is 58.0 Å². The Balaban J connectivity index is 1.54. The summed E-state index contributed by atoms with van der Waals surface area (Å²) in [6, 6.07) is 22.8. The highest BCUT2D eigenvalue weighted by molar-refractivity contribution is 6.31. The highest BCUT2D eigenvalue weighted by Crippen LogP contribution is 2.24. The van der Waals surface area contributed by atoms with E-state index < -0.39 is 6.04 Å². The van der Waals surface area contributed by atoms with Crippen LogP contribution in [0.15, 0.2) is 78.9 Å². The van der Waals surface area contributed by atoms with Crippen molar-refractivity contribution in [1.82, 2.24) is 15.1 Å². The van der Waals surface area contributed by atoms with Crippen molar-refractivity contribution < 1.29 is 19.2 Å². The first-order valence-electron chi connectivity index (χ1n) is 13.2. The fourth-order valence-corrected chi connectivity index (χ4v) is 4.90. The van der Waals surface area contributed by atoms with Crippen LogP contribution in [-0.4, -0.2) is 52.6 Å². The molecule has 0 unspecified atom stereocenters. The van der Waals surface area contributed by atoms with Gasteiger partial charge in [0.1, 0.15) is 6.04 Å². The third-order valence-electron chi connectivity index (χ3n) is 6.77. The van der Waals surface area contributed by atoms with Crippen LogP contribution >= 0.6 is 11.6 Å². The van der Waals surface area contributed by atoms with E-state index in [9.17, 15) is 19.2 Å². The van der Waals surface area contributed by atoms with Crippen LogP contribution in [0.3, 0.4) is 0 Å². The normalized spacial score (nSPS) is 13.2. The summed E-state index contributed by atoms with van der Waals surface area (Å²) in [5.41, 5.74) is 2.42. The fourth-order valence-electron chi connectivity index (χ4n) is 4.70. The standard InChI is InChI=1S/C31H32ClN3O4/c1-2-18-33-29(37)27(20-22-11-4-3-5-12-22)35(21-23-13-6-9-16-26(23)32)28(36)17-10-19-34-30(38)24-14-7-8-15-25(24)31(34)39/h3-9,11-16,27H,2,10,17-21H2,1H3,(H,33,37)/t27-/m0/s1. The van der Waals surface area contributed by atoms with Crippen molar-refractivity contribution in [3.8, 4) is 0 Å². The van der Waals surface area contributed by atoms with E-state index in [1.54, 1.807) is 35.2 Å². The molecule has 0 aliphatic carbocycles. The molecule has 0 saturated heterocycles. The van der Waals surface area contributed by atoms with Gasteiger partial charge in [-0.25, -0.2) is 0 Å². The van der Waals surface area contributed by atoms with Crippen LogP contribution in [-0.2, 0) is 22.6 Å². The average Bonchev–Trinajstić information content (AvgIpc) is 3.20. The summed E-state index contributed by atoms with van der Waals surface area (Å²) in [7, 11) is 0. The number of imide groups is 1. The van der Waals surface area contributed by atoms with Gasteiger partial charge in [-0.15, -0.1) is 0 Å². The first-order valence-corrected chi connectivity index (χ1v) is 13.6. The lowest BCUT2D eigenvalue weighted by Gasteiger charge is -2.32. The van der Waals surface area contributed by atoms with Gasteiger partial charge in [0.05, 0.1) is 11.1 Å². The molecule has 0 bridgehead atoms. The maximum Gasteiger partial charge on any atom is 0.261 e. The molecule has 202 valence electrons. The van der Waals surface area contributed by atoms with Crippen LogP contribution in [0.25, 0.3) is 0 Å². The summed E-state index contributed by atoms with van der Waals surface area (Å²) >= 11 is 6.45. The maximum atomic E-state index is 13.7. The molecular formula is C31H32ClN3O4. The zero-order chi connectivity index (χ0) is 27.8. The number of amides is 4. The van der Waals surface area contributed by atoms with Gasteiger partial charge in [-0.3, -0.25) is 24.1 Å². The van der Waals surface area contributed by atoms with Gasteiger partial charge < -0.3 is 10.2 Å². The van der Waals surface area contributed by atoms with E-state index in [-0.39, 0.29) is 49.6 Å². The maximum absolute atomic E-state index is 13.7. The number of carbonyl (C=O) groups excluding carboxylic acids is 4. The van der Waals surface area contributed by atoms with Crippen LogP contribution < -0.4 is 5.32 Å². The molecule has 0 saturated carbocycles. The summed E-state index contributed by atoms with van der Waals surface area (Å²) in [4.78, 5) is 55.4. The molecule has 39 heavy (non-hydrogen) atoms. The number of benzene rings is 3. The molecule has 0 aromatic heterocycles.